The smallest absolute Gasteiger partial charge is 0.0239 e. The molecule has 0 unspecified atom stereocenters. The van der Waals surface area contributed by atoms with Gasteiger partial charge in [-0.25, -0.2) is 0 Å². The minimum atomic E-state index is 1.18. The molecule has 0 aromatic rings. The van der Waals surface area contributed by atoms with Crippen LogP contribution in [-0.2, 0) is 0 Å². The van der Waals surface area contributed by atoms with Crippen LogP contribution in [0.3, 0.4) is 0 Å². The van der Waals surface area contributed by atoms with Crippen molar-refractivity contribution < 1.29 is 0 Å². The predicted octanol–water partition coefficient (Wildman–Crippen LogP) is 3.23. The van der Waals surface area contributed by atoms with Crippen LogP contribution in [0.15, 0.2) is 35.5 Å². The third kappa shape index (κ3) is 1.38. The Morgan fingerprint density at radius 2 is 2.30 bits per heavy atom. The monoisotopic (exact) mass is 134 g/mol. The highest BCUT2D eigenvalue weighted by Crippen LogP contribution is 2.23. The summed E-state index contributed by atoms with van der Waals surface area (Å²) in [5, 5.41) is 0. The van der Waals surface area contributed by atoms with Gasteiger partial charge in [-0.3, -0.25) is 0 Å². The van der Waals surface area contributed by atoms with Gasteiger partial charge in [0.05, 0.1) is 0 Å². The van der Waals surface area contributed by atoms with Crippen molar-refractivity contribution in [3.05, 3.63) is 35.5 Å². The highest BCUT2D eigenvalue weighted by molar-refractivity contribution is 5.38. The third-order valence-corrected chi connectivity index (χ3v) is 1.92. The second-order valence-electron chi connectivity index (χ2n) is 2.88. The predicted molar refractivity (Wildman–Crippen MR) is 45.9 cm³/mol. The summed E-state index contributed by atoms with van der Waals surface area (Å²) in [6.07, 6.45) is 6.77. The first-order chi connectivity index (χ1) is 4.72. The quantitative estimate of drug-likeness (QED) is 0.516. The molecule has 0 fully saturated rings. The van der Waals surface area contributed by atoms with Gasteiger partial charge in [0.2, 0.25) is 0 Å². The summed E-state index contributed by atoms with van der Waals surface area (Å²) in [4.78, 5) is 0. The molecule has 0 heteroatoms. The summed E-state index contributed by atoms with van der Waals surface area (Å²) >= 11 is 0. The molecule has 0 bridgehead atoms. The van der Waals surface area contributed by atoms with Crippen molar-refractivity contribution in [1.82, 2.24) is 0 Å². The van der Waals surface area contributed by atoms with Crippen LogP contribution in [0.1, 0.15) is 26.7 Å². The maximum Gasteiger partial charge on any atom is -0.0239 e. The molecule has 0 N–H and O–H groups in total. The molecular weight excluding hydrogens is 120 g/mol. The molecule has 0 amide bonds. The molecule has 1 aliphatic rings. The molecule has 0 aromatic carbocycles. The fourth-order valence-electron chi connectivity index (χ4n) is 1.34. The summed E-state index contributed by atoms with van der Waals surface area (Å²) in [6, 6.07) is 0. The highest BCUT2D eigenvalue weighted by Gasteiger charge is 2.03. The summed E-state index contributed by atoms with van der Waals surface area (Å²) in [5.41, 5.74) is 4.06. The fourth-order valence-corrected chi connectivity index (χ4v) is 1.34. The van der Waals surface area contributed by atoms with Crippen molar-refractivity contribution in [3.8, 4) is 0 Å². The van der Waals surface area contributed by atoms with Crippen molar-refractivity contribution in [3.63, 3.8) is 0 Å². The minimum Gasteiger partial charge on any atom is -0.0958 e. The maximum atomic E-state index is 3.94. The first kappa shape index (κ1) is 7.33. The zero-order valence-electron chi connectivity index (χ0n) is 6.78. The van der Waals surface area contributed by atoms with Crippen LogP contribution in [0.5, 0.6) is 0 Å². The number of hydrogen-bond donors (Lipinski definition) is 0. The van der Waals surface area contributed by atoms with E-state index in [1.165, 1.54) is 29.6 Å². The molecule has 0 saturated heterocycles. The molecular formula is C10H14. The maximum absolute atomic E-state index is 3.94. The lowest BCUT2D eigenvalue weighted by Crippen LogP contribution is -1.92. The van der Waals surface area contributed by atoms with Gasteiger partial charge in [-0.15, -0.1) is 0 Å². The first-order valence-corrected chi connectivity index (χ1v) is 3.74. The molecule has 0 saturated carbocycles. The van der Waals surface area contributed by atoms with Crippen LogP contribution in [0.25, 0.3) is 0 Å². The highest BCUT2D eigenvalue weighted by atomic mass is 14.1. The average molecular weight is 134 g/mol. The molecule has 0 radical (unpaired) electrons. The van der Waals surface area contributed by atoms with E-state index in [1.807, 2.05) is 0 Å². The second-order valence-corrected chi connectivity index (χ2v) is 2.88. The minimum absolute atomic E-state index is 1.18. The van der Waals surface area contributed by atoms with Crippen LogP contribution in [0.4, 0.5) is 0 Å². The third-order valence-electron chi connectivity index (χ3n) is 1.92. The fraction of sp³-hybridized carbons (Fsp3) is 0.400. The van der Waals surface area contributed by atoms with Crippen molar-refractivity contribution >= 4 is 0 Å². The van der Waals surface area contributed by atoms with E-state index in [2.05, 4.69) is 32.6 Å². The SMILES string of the molecule is C=C(C)C1=C(C)C=CCC1. The van der Waals surface area contributed by atoms with Crippen LogP contribution in [0.2, 0.25) is 0 Å². The van der Waals surface area contributed by atoms with Gasteiger partial charge < -0.3 is 0 Å². The van der Waals surface area contributed by atoms with Gasteiger partial charge in [0.25, 0.3) is 0 Å². The largest absolute Gasteiger partial charge is 0.0958 e. The Kier molecular flexibility index (Phi) is 2.10. The topological polar surface area (TPSA) is 0 Å². The molecule has 10 heavy (non-hydrogen) atoms. The lowest BCUT2D eigenvalue weighted by Gasteiger charge is -2.12. The Hall–Kier alpha value is -0.780. The zero-order valence-corrected chi connectivity index (χ0v) is 6.78. The van der Waals surface area contributed by atoms with Crippen molar-refractivity contribution in [2.24, 2.45) is 0 Å². The van der Waals surface area contributed by atoms with E-state index in [-0.39, 0.29) is 0 Å². The van der Waals surface area contributed by atoms with Gasteiger partial charge in [0.15, 0.2) is 0 Å². The summed E-state index contributed by atoms with van der Waals surface area (Å²) in [5.74, 6) is 0. The summed E-state index contributed by atoms with van der Waals surface area (Å²) in [6.45, 7) is 8.17. The first-order valence-electron chi connectivity index (χ1n) is 3.74. The zero-order chi connectivity index (χ0) is 7.56. The molecule has 1 rings (SSSR count). The van der Waals surface area contributed by atoms with E-state index in [1.54, 1.807) is 0 Å². The van der Waals surface area contributed by atoms with Gasteiger partial charge in [-0.1, -0.05) is 24.3 Å². The number of hydrogen-bond acceptors (Lipinski definition) is 0. The lowest BCUT2D eigenvalue weighted by atomic mass is 9.94. The van der Waals surface area contributed by atoms with E-state index >= 15 is 0 Å². The van der Waals surface area contributed by atoms with Crippen LogP contribution in [0, 0.1) is 0 Å². The van der Waals surface area contributed by atoms with Crippen LogP contribution < -0.4 is 0 Å². The lowest BCUT2D eigenvalue weighted by molar-refractivity contribution is 0.949. The van der Waals surface area contributed by atoms with E-state index in [4.69, 9.17) is 0 Å². The number of allylic oxidation sites excluding steroid dienone is 5. The molecule has 0 aromatic heterocycles. The Bertz CT molecular complexity index is 204. The van der Waals surface area contributed by atoms with Crippen LogP contribution in [-0.4, -0.2) is 0 Å². The van der Waals surface area contributed by atoms with E-state index in [0.717, 1.165) is 0 Å². The number of rotatable bonds is 1. The van der Waals surface area contributed by atoms with Gasteiger partial charge in [-0.2, -0.15) is 0 Å². The second kappa shape index (κ2) is 2.87. The van der Waals surface area contributed by atoms with Gasteiger partial charge in [-0.05, 0) is 37.8 Å². The normalized spacial score (nSPS) is 17.8. The molecule has 54 valence electrons. The molecule has 1 aliphatic carbocycles. The Morgan fingerprint density at radius 3 is 2.70 bits per heavy atom. The molecule has 0 aliphatic heterocycles. The van der Waals surface area contributed by atoms with Gasteiger partial charge in [0, 0.05) is 0 Å². The van der Waals surface area contributed by atoms with Crippen molar-refractivity contribution in [1.29, 1.82) is 0 Å². The van der Waals surface area contributed by atoms with Crippen molar-refractivity contribution in [2.75, 3.05) is 0 Å². The van der Waals surface area contributed by atoms with E-state index in [9.17, 15) is 0 Å². The standard InChI is InChI=1S/C10H14/c1-8(2)10-7-5-4-6-9(10)3/h4,6H,1,5,7H2,2-3H3. The van der Waals surface area contributed by atoms with Crippen LogP contribution >= 0.6 is 0 Å². The van der Waals surface area contributed by atoms with Crippen molar-refractivity contribution in [2.45, 2.75) is 26.7 Å². The molecule has 0 spiro atoms. The van der Waals surface area contributed by atoms with E-state index < -0.39 is 0 Å². The van der Waals surface area contributed by atoms with Gasteiger partial charge >= 0.3 is 0 Å². The van der Waals surface area contributed by atoms with Gasteiger partial charge in [0.1, 0.15) is 0 Å². The Labute approximate surface area is 62.9 Å². The van der Waals surface area contributed by atoms with E-state index in [0.29, 0.717) is 0 Å². The molecule has 0 nitrogen and oxygen atoms in total. The summed E-state index contributed by atoms with van der Waals surface area (Å²) in [7, 11) is 0. The summed E-state index contributed by atoms with van der Waals surface area (Å²) < 4.78 is 0. The average Bonchev–Trinajstić information content (AvgIpc) is 1.88. The molecule has 0 atom stereocenters. The Balaban J connectivity index is 2.89. The molecule has 0 heterocycles. The Morgan fingerprint density at radius 1 is 1.60 bits per heavy atom.